The Hall–Kier alpha value is -2.83. The molecular weight excluding hydrogens is 454 g/mol. The van der Waals surface area contributed by atoms with Gasteiger partial charge in [-0.25, -0.2) is 5.43 Å². The standard InChI is InChI=1S/C22H19BrClN3O2/c23-18-7-11-20(12-8-18)25-14-22(28)27-26-13-17-3-1-2-4-21(17)29-15-16-5-9-19(24)10-6-16/h1-13,25H,14-15H2,(H,27,28)/b26-13-. The number of carbonyl (C=O) groups excluding carboxylic acids is 1. The van der Waals surface area contributed by atoms with E-state index in [0.29, 0.717) is 17.4 Å². The topological polar surface area (TPSA) is 62.7 Å². The van der Waals surface area contributed by atoms with E-state index in [1.807, 2.05) is 72.8 Å². The molecule has 0 spiro atoms. The van der Waals surface area contributed by atoms with Crippen LogP contribution in [0.15, 0.2) is 82.4 Å². The van der Waals surface area contributed by atoms with Crippen LogP contribution in [0.25, 0.3) is 0 Å². The van der Waals surface area contributed by atoms with Gasteiger partial charge in [0.25, 0.3) is 5.91 Å². The lowest BCUT2D eigenvalue weighted by Gasteiger charge is -2.09. The maximum absolute atomic E-state index is 12.0. The normalized spacial score (nSPS) is 10.7. The molecule has 0 unspecified atom stereocenters. The highest BCUT2D eigenvalue weighted by atomic mass is 79.9. The van der Waals surface area contributed by atoms with Crippen LogP contribution in [-0.2, 0) is 11.4 Å². The first-order valence-corrected chi connectivity index (χ1v) is 10.0. The lowest BCUT2D eigenvalue weighted by atomic mass is 10.2. The van der Waals surface area contributed by atoms with Gasteiger partial charge in [-0.15, -0.1) is 0 Å². The summed E-state index contributed by atoms with van der Waals surface area (Å²) in [5, 5.41) is 7.75. The van der Waals surface area contributed by atoms with Gasteiger partial charge in [-0.3, -0.25) is 4.79 Å². The van der Waals surface area contributed by atoms with Crippen LogP contribution in [0.2, 0.25) is 5.02 Å². The van der Waals surface area contributed by atoms with Crippen LogP contribution in [0.3, 0.4) is 0 Å². The Bertz CT molecular complexity index is 976. The van der Waals surface area contributed by atoms with E-state index in [1.54, 1.807) is 6.21 Å². The van der Waals surface area contributed by atoms with Gasteiger partial charge >= 0.3 is 0 Å². The third kappa shape index (κ3) is 6.93. The minimum Gasteiger partial charge on any atom is -0.488 e. The number of nitrogens with one attached hydrogen (secondary N) is 2. The SMILES string of the molecule is O=C(CNc1ccc(Br)cc1)N/N=C\c1ccccc1OCc1ccc(Cl)cc1. The Kier molecular flexibility index (Phi) is 7.67. The summed E-state index contributed by atoms with van der Waals surface area (Å²) in [4.78, 5) is 12.0. The van der Waals surface area contributed by atoms with Crippen LogP contribution in [-0.4, -0.2) is 18.7 Å². The number of hydrazone groups is 1. The van der Waals surface area contributed by atoms with E-state index in [0.717, 1.165) is 21.3 Å². The monoisotopic (exact) mass is 471 g/mol. The molecule has 3 rings (SSSR count). The number of ether oxygens (including phenoxy) is 1. The van der Waals surface area contributed by atoms with Crippen molar-refractivity contribution in [3.63, 3.8) is 0 Å². The van der Waals surface area contributed by atoms with E-state index in [-0.39, 0.29) is 12.5 Å². The molecule has 7 heteroatoms. The molecule has 0 saturated heterocycles. The summed E-state index contributed by atoms with van der Waals surface area (Å²) in [5.74, 6) is 0.428. The van der Waals surface area contributed by atoms with Gasteiger partial charge in [0.05, 0.1) is 12.8 Å². The van der Waals surface area contributed by atoms with Crippen molar-refractivity contribution in [2.24, 2.45) is 5.10 Å². The lowest BCUT2D eigenvalue weighted by molar-refractivity contribution is -0.119. The zero-order valence-electron chi connectivity index (χ0n) is 15.4. The Morgan fingerprint density at radius 1 is 1.03 bits per heavy atom. The Labute approximate surface area is 182 Å². The van der Waals surface area contributed by atoms with Crippen molar-refractivity contribution >= 4 is 45.3 Å². The molecule has 3 aromatic carbocycles. The maximum Gasteiger partial charge on any atom is 0.259 e. The molecule has 0 bridgehead atoms. The smallest absolute Gasteiger partial charge is 0.259 e. The fourth-order valence-electron chi connectivity index (χ4n) is 2.42. The molecule has 0 heterocycles. The average Bonchev–Trinajstić information content (AvgIpc) is 2.74. The van der Waals surface area contributed by atoms with Crippen molar-refractivity contribution < 1.29 is 9.53 Å². The Morgan fingerprint density at radius 3 is 2.52 bits per heavy atom. The number of anilines is 1. The number of hydrogen-bond acceptors (Lipinski definition) is 4. The first-order chi connectivity index (χ1) is 14.1. The first kappa shape index (κ1) is 20.9. The van der Waals surface area contributed by atoms with Crippen LogP contribution in [0.1, 0.15) is 11.1 Å². The number of halogens is 2. The second-order valence-corrected chi connectivity index (χ2v) is 7.46. The highest BCUT2D eigenvalue weighted by Gasteiger charge is 2.03. The summed E-state index contributed by atoms with van der Waals surface area (Å²) < 4.78 is 6.85. The van der Waals surface area contributed by atoms with Crippen molar-refractivity contribution in [1.82, 2.24) is 5.43 Å². The minimum atomic E-state index is -0.247. The van der Waals surface area contributed by atoms with Crippen molar-refractivity contribution in [3.8, 4) is 5.75 Å². The van der Waals surface area contributed by atoms with Gasteiger partial charge in [0.1, 0.15) is 12.4 Å². The van der Waals surface area contributed by atoms with Gasteiger partial charge in [-0.2, -0.15) is 5.10 Å². The molecule has 29 heavy (non-hydrogen) atoms. The molecule has 0 aliphatic heterocycles. The van der Waals surface area contributed by atoms with Crippen molar-refractivity contribution in [3.05, 3.63) is 93.4 Å². The summed E-state index contributed by atoms with van der Waals surface area (Å²) >= 11 is 9.27. The fourth-order valence-corrected chi connectivity index (χ4v) is 2.81. The van der Waals surface area contributed by atoms with Crippen LogP contribution < -0.4 is 15.5 Å². The summed E-state index contributed by atoms with van der Waals surface area (Å²) in [5.41, 5.74) is 5.14. The van der Waals surface area contributed by atoms with Crippen LogP contribution in [0, 0.1) is 0 Å². The van der Waals surface area contributed by atoms with E-state index < -0.39 is 0 Å². The predicted octanol–water partition coefficient (Wildman–Crippen LogP) is 5.24. The number of para-hydroxylation sites is 1. The third-order valence-corrected chi connectivity index (χ3v) is 4.70. The van der Waals surface area contributed by atoms with Crippen molar-refractivity contribution in [2.45, 2.75) is 6.61 Å². The zero-order valence-corrected chi connectivity index (χ0v) is 17.8. The van der Waals surface area contributed by atoms with Crippen molar-refractivity contribution in [2.75, 3.05) is 11.9 Å². The Balaban J connectivity index is 1.51. The summed E-state index contributed by atoms with van der Waals surface area (Å²) in [7, 11) is 0. The van der Waals surface area contributed by atoms with E-state index in [1.165, 1.54) is 0 Å². The van der Waals surface area contributed by atoms with Crippen LogP contribution in [0.5, 0.6) is 5.75 Å². The molecule has 0 atom stereocenters. The largest absolute Gasteiger partial charge is 0.488 e. The molecule has 1 amide bonds. The highest BCUT2D eigenvalue weighted by molar-refractivity contribution is 9.10. The Morgan fingerprint density at radius 2 is 1.76 bits per heavy atom. The molecule has 2 N–H and O–H groups in total. The number of benzene rings is 3. The van der Waals surface area contributed by atoms with Gasteiger partial charge in [0.2, 0.25) is 0 Å². The number of amides is 1. The second kappa shape index (κ2) is 10.6. The molecule has 148 valence electrons. The molecule has 0 radical (unpaired) electrons. The number of carbonyl (C=O) groups is 1. The van der Waals surface area contributed by atoms with E-state index in [2.05, 4.69) is 31.8 Å². The molecule has 0 saturated carbocycles. The molecule has 0 aliphatic carbocycles. The lowest BCUT2D eigenvalue weighted by Crippen LogP contribution is -2.25. The van der Waals surface area contributed by atoms with E-state index >= 15 is 0 Å². The molecule has 0 fully saturated rings. The maximum atomic E-state index is 12.0. The van der Waals surface area contributed by atoms with Gasteiger partial charge in [0, 0.05) is 20.7 Å². The summed E-state index contributed by atoms with van der Waals surface area (Å²) in [6.07, 6.45) is 1.56. The summed E-state index contributed by atoms with van der Waals surface area (Å²) in [6.45, 7) is 0.527. The highest BCUT2D eigenvalue weighted by Crippen LogP contribution is 2.18. The van der Waals surface area contributed by atoms with Gasteiger partial charge in [0.15, 0.2) is 0 Å². The van der Waals surface area contributed by atoms with E-state index in [9.17, 15) is 4.79 Å². The first-order valence-electron chi connectivity index (χ1n) is 8.88. The molecule has 0 aliphatic rings. The number of hydrogen-bond donors (Lipinski definition) is 2. The van der Waals surface area contributed by atoms with Crippen LogP contribution in [0.4, 0.5) is 5.69 Å². The zero-order chi connectivity index (χ0) is 20.5. The third-order valence-electron chi connectivity index (χ3n) is 3.92. The molecular formula is C22H19BrClN3O2. The number of rotatable bonds is 8. The quantitative estimate of drug-likeness (QED) is 0.348. The summed E-state index contributed by atoms with van der Waals surface area (Å²) in [6, 6.07) is 22.5. The van der Waals surface area contributed by atoms with Gasteiger partial charge in [-0.05, 0) is 54.1 Å². The fraction of sp³-hybridized carbons (Fsp3) is 0.0909. The number of nitrogens with zero attached hydrogens (tertiary/aromatic N) is 1. The molecule has 0 aromatic heterocycles. The van der Waals surface area contributed by atoms with Gasteiger partial charge in [-0.1, -0.05) is 51.8 Å². The second-order valence-electron chi connectivity index (χ2n) is 6.11. The average molecular weight is 473 g/mol. The van der Waals surface area contributed by atoms with E-state index in [4.69, 9.17) is 16.3 Å². The van der Waals surface area contributed by atoms with Crippen molar-refractivity contribution in [1.29, 1.82) is 0 Å². The molecule has 3 aromatic rings. The molecule has 5 nitrogen and oxygen atoms in total. The minimum absolute atomic E-state index is 0.119. The van der Waals surface area contributed by atoms with Gasteiger partial charge < -0.3 is 10.1 Å². The predicted molar refractivity (Wildman–Crippen MR) is 121 cm³/mol. The van der Waals surface area contributed by atoms with Crippen LogP contribution >= 0.6 is 27.5 Å².